The number of likely N-dealkylation sites (N-methyl/N-ethyl adjacent to an activating group) is 1. The number of benzene rings is 1. The fourth-order valence-electron chi connectivity index (χ4n) is 4.71. The smallest absolute Gasteiger partial charge is 0.243 e. The average molecular weight is 423 g/mol. The Hall–Kier alpha value is -1.84. The van der Waals surface area contributed by atoms with Crippen molar-refractivity contribution in [2.45, 2.75) is 43.9 Å². The molecular weight excluding hydrogens is 395 g/mol. The minimum absolute atomic E-state index is 0.0724. The molecule has 4 rings (SSSR count). The van der Waals surface area contributed by atoms with E-state index in [0.29, 0.717) is 36.9 Å². The molecule has 0 aliphatic carbocycles. The molecule has 1 aromatic heterocycles. The summed E-state index contributed by atoms with van der Waals surface area (Å²) in [4.78, 5) is 2.41. The Bertz CT molecular complexity index is 999. The van der Waals surface area contributed by atoms with Gasteiger partial charge in [0.25, 0.3) is 0 Å². The predicted octanol–water partition coefficient (Wildman–Crippen LogP) is 2.58. The van der Waals surface area contributed by atoms with Crippen LogP contribution in [0.4, 0.5) is 4.39 Å². The molecule has 7 nitrogen and oxygen atoms in total. The van der Waals surface area contributed by atoms with E-state index < -0.39 is 15.8 Å². The Morgan fingerprint density at radius 2 is 2.00 bits per heavy atom. The maximum Gasteiger partial charge on any atom is 0.243 e. The normalized spacial score (nSPS) is 23.1. The van der Waals surface area contributed by atoms with E-state index in [4.69, 9.17) is 4.42 Å². The number of aryl methyl sites for hydroxylation is 2. The molecule has 158 valence electrons. The molecule has 0 bridgehead atoms. The largest absolute Gasteiger partial charge is 0.425 e. The first-order chi connectivity index (χ1) is 13.7. The van der Waals surface area contributed by atoms with E-state index >= 15 is 0 Å². The molecule has 3 heterocycles. The summed E-state index contributed by atoms with van der Waals surface area (Å²) in [5.74, 6) is 1.01. The minimum atomic E-state index is -3.64. The summed E-state index contributed by atoms with van der Waals surface area (Å²) in [6.07, 6.45) is 2.15. The summed E-state index contributed by atoms with van der Waals surface area (Å²) in [6.45, 7) is 6.12. The van der Waals surface area contributed by atoms with Crippen molar-refractivity contribution in [1.82, 2.24) is 19.4 Å². The highest BCUT2D eigenvalue weighted by atomic mass is 32.2. The van der Waals surface area contributed by atoms with Gasteiger partial charge in [-0.15, -0.1) is 10.2 Å². The number of likely N-dealkylation sites (tertiary alicyclic amines) is 1. The molecule has 1 spiro atoms. The van der Waals surface area contributed by atoms with Crippen LogP contribution >= 0.6 is 0 Å². The van der Waals surface area contributed by atoms with Gasteiger partial charge in [-0.3, -0.25) is 0 Å². The van der Waals surface area contributed by atoms with Crippen molar-refractivity contribution >= 4 is 10.0 Å². The van der Waals surface area contributed by atoms with Crippen molar-refractivity contribution < 1.29 is 17.2 Å². The van der Waals surface area contributed by atoms with Crippen molar-refractivity contribution in [3.63, 3.8) is 0 Å². The summed E-state index contributed by atoms with van der Waals surface area (Å²) in [6, 6.07) is 3.97. The molecule has 9 heteroatoms. The van der Waals surface area contributed by atoms with Gasteiger partial charge in [0.2, 0.25) is 21.8 Å². The van der Waals surface area contributed by atoms with E-state index in [1.54, 1.807) is 6.92 Å². The number of rotatable bonds is 4. The van der Waals surface area contributed by atoms with E-state index in [1.807, 2.05) is 6.92 Å². The Kier molecular flexibility index (Phi) is 5.25. The van der Waals surface area contributed by atoms with Crippen LogP contribution in [-0.4, -0.2) is 61.0 Å². The SMILES string of the molecule is CCc1nnc(C2CN(C)CC23CCN(S(=O)(=O)c2ccc(F)c(C)c2)CC3)o1. The maximum absolute atomic E-state index is 13.6. The molecule has 2 saturated heterocycles. The van der Waals surface area contributed by atoms with E-state index in [9.17, 15) is 12.8 Å². The molecule has 2 aliphatic heterocycles. The molecule has 0 amide bonds. The van der Waals surface area contributed by atoms with Gasteiger partial charge in [0.1, 0.15) is 5.82 Å². The van der Waals surface area contributed by atoms with E-state index in [2.05, 4.69) is 22.1 Å². The van der Waals surface area contributed by atoms with Crippen LogP contribution in [0.2, 0.25) is 0 Å². The van der Waals surface area contributed by atoms with Gasteiger partial charge in [0.15, 0.2) is 0 Å². The Balaban J connectivity index is 1.54. The molecule has 2 fully saturated rings. The third kappa shape index (κ3) is 3.60. The highest BCUT2D eigenvalue weighted by Gasteiger charge is 2.51. The summed E-state index contributed by atoms with van der Waals surface area (Å²) in [5.41, 5.74) is 0.261. The fourth-order valence-corrected chi connectivity index (χ4v) is 6.24. The van der Waals surface area contributed by atoms with Crippen LogP contribution in [0.15, 0.2) is 27.5 Å². The maximum atomic E-state index is 13.6. The first kappa shape index (κ1) is 20.4. The number of halogens is 1. The van der Waals surface area contributed by atoms with Crippen molar-refractivity contribution in [1.29, 1.82) is 0 Å². The second-order valence-electron chi connectivity index (χ2n) is 8.31. The number of aromatic nitrogens is 2. The summed E-state index contributed by atoms with van der Waals surface area (Å²) >= 11 is 0. The number of sulfonamides is 1. The zero-order chi connectivity index (χ0) is 20.8. The lowest BCUT2D eigenvalue weighted by Crippen LogP contribution is -2.45. The van der Waals surface area contributed by atoms with Crippen molar-refractivity contribution in [3.8, 4) is 0 Å². The highest BCUT2D eigenvalue weighted by Crippen LogP contribution is 2.49. The van der Waals surface area contributed by atoms with Crippen LogP contribution in [-0.2, 0) is 16.4 Å². The van der Waals surface area contributed by atoms with Gasteiger partial charge in [-0.25, -0.2) is 12.8 Å². The number of piperidine rings is 1. The van der Waals surface area contributed by atoms with Crippen molar-refractivity contribution in [2.75, 3.05) is 33.2 Å². The van der Waals surface area contributed by atoms with Crippen LogP contribution in [0, 0.1) is 18.2 Å². The Morgan fingerprint density at radius 1 is 1.28 bits per heavy atom. The average Bonchev–Trinajstić information content (AvgIpc) is 3.28. The molecule has 1 aromatic carbocycles. The molecule has 2 aliphatic rings. The molecule has 2 aromatic rings. The van der Waals surface area contributed by atoms with Gasteiger partial charge in [0, 0.05) is 32.6 Å². The predicted molar refractivity (Wildman–Crippen MR) is 105 cm³/mol. The Morgan fingerprint density at radius 3 is 2.62 bits per heavy atom. The van der Waals surface area contributed by atoms with Gasteiger partial charge in [-0.05, 0) is 56.0 Å². The standard InChI is InChI=1S/C20H27FN4O3S/c1-4-18-22-23-19(28-18)16-12-24(3)13-20(16)7-9-25(10-8-20)29(26,27)15-5-6-17(21)14(2)11-15/h5-6,11,16H,4,7-10,12-13H2,1-3H3. The fraction of sp³-hybridized carbons (Fsp3) is 0.600. The lowest BCUT2D eigenvalue weighted by molar-refractivity contribution is 0.134. The van der Waals surface area contributed by atoms with Crippen LogP contribution in [0.3, 0.4) is 0 Å². The van der Waals surface area contributed by atoms with Gasteiger partial charge in [-0.1, -0.05) is 6.92 Å². The minimum Gasteiger partial charge on any atom is -0.425 e. The van der Waals surface area contributed by atoms with Crippen LogP contribution in [0.1, 0.15) is 43.0 Å². The molecule has 0 N–H and O–H groups in total. The van der Waals surface area contributed by atoms with E-state index in [-0.39, 0.29) is 16.2 Å². The van der Waals surface area contributed by atoms with Crippen LogP contribution in [0.5, 0.6) is 0 Å². The Labute approximate surface area is 171 Å². The van der Waals surface area contributed by atoms with Crippen molar-refractivity contribution in [3.05, 3.63) is 41.4 Å². The second kappa shape index (κ2) is 7.45. The molecular formula is C20H27FN4O3S. The van der Waals surface area contributed by atoms with Crippen LogP contribution < -0.4 is 0 Å². The lowest BCUT2D eigenvalue weighted by atomic mass is 9.71. The third-order valence-electron chi connectivity index (χ3n) is 6.39. The second-order valence-corrected chi connectivity index (χ2v) is 10.3. The summed E-state index contributed by atoms with van der Waals surface area (Å²) < 4.78 is 47.1. The van der Waals surface area contributed by atoms with Crippen molar-refractivity contribution in [2.24, 2.45) is 5.41 Å². The third-order valence-corrected chi connectivity index (χ3v) is 8.28. The lowest BCUT2D eigenvalue weighted by Gasteiger charge is -2.41. The summed E-state index contributed by atoms with van der Waals surface area (Å²) in [7, 11) is -1.57. The highest BCUT2D eigenvalue weighted by molar-refractivity contribution is 7.89. The van der Waals surface area contributed by atoms with Gasteiger partial charge in [0.05, 0.1) is 10.8 Å². The first-order valence-electron chi connectivity index (χ1n) is 10.0. The molecule has 29 heavy (non-hydrogen) atoms. The van der Waals surface area contributed by atoms with Gasteiger partial charge >= 0.3 is 0 Å². The zero-order valence-corrected chi connectivity index (χ0v) is 17.9. The van der Waals surface area contributed by atoms with Crippen LogP contribution in [0.25, 0.3) is 0 Å². The molecule has 0 saturated carbocycles. The monoisotopic (exact) mass is 422 g/mol. The topological polar surface area (TPSA) is 79.5 Å². The number of nitrogens with zero attached hydrogens (tertiary/aromatic N) is 4. The summed E-state index contributed by atoms with van der Waals surface area (Å²) in [5, 5.41) is 8.40. The first-order valence-corrected chi connectivity index (χ1v) is 11.5. The number of hydrogen-bond donors (Lipinski definition) is 0. The van der Waals surface area contributed by atoms with Gasteiger partial charge in [-0.2, -0.15) is 4.31 Å². The molecule has 1 atom stereocenters. The van der Waals surface area contributed by atoms with Gasteiger partial charge < -0.3 is 9.32 Å². The quantitative estimate of drug-likeness (QED) is 0.754. The molecule has 0 radical (unpaired) electrons. The molecule has 1 unspecified atom stereocenters. The van der Waals surface area contributed by atoms with E-state index in [0.717, 1.165) is 25.9 Å². The number of hydrogen-bond acceptors (Lipinski definition) is 6. The van der Waals surface area contributed by atoms with E-state index in [1.165, 1.54) is 22.5 Å². The zero-order valence-electron chi connectivity index (χ0n) is 17.1.